The van der Waals surface area contributed by atoms with Crippen molar-refractivity contribution in [2.75, 3.05) is 40.1 Å². The molecule has 1 heterocycles. The number of hydrogen-bond acceptors (Lipinski definition) is 9. The zero-order valence-electron chi connectivity index (χ0n) is 32.0. The van der Waals surface area contributed by atoms with Crippen LogP contribution in [-0.2, 0) is 14.3 Å². The van der Waals surface area contributed by atoms with Crippen molar-refractivity contribution in [3.05, 3.63) is 60.7 Å². The summed E-state index contributed by atoms with van der Waals surface area (Å²) < 4.78 is 26.0. The zero-order valence-corrected chi connectivity index (χ0v) is 32.0. The summed E-state index contributed by atoms with van der Waals surface area (Å²) in [5.74, 6) is -0.228. The Bertz CT molecular complexity index is 1410. The lowest BCUT2D eigenvalue weighted by atomic mass is 9.55. The van der Waals surface area contributed by atoms with Crippen LogP contribution in [-0.4, -0.2) is 84.4 Å². The van der Waals surface area contributed by atoms with Gasteiger partial charge in [-0.3, -0.25) is 0 Å². The van der Waals surface area contributed by atoms with Crippen molar-refractivity contribution < 1.29 is 38.8 Å². The molecule has 1 aromatic carbocycles. The van der Waals surface area contributed by atoms with Gasteiger partial charge in [-0.05, 0) is 87.5 Å². The lowest BCUT2D eigenvalue weighted by Crippen LogP contribution is -2.69. The summed E-state index contributed by atoms with van der Waals surface area (Å²) in [4.78, 5) is 21.6. The minimum absolute atomic E-state index is 0.118. The molecule has 3 aliphatic rings. The molecule has 6 atom stereocenters. The van der Waals surface area contributed by atoms with Crippen molar-refractivity contribution in [3.63, 3.8) is 0 Å². The number of amides is 1. The second-order valence-corrected chi connectivity index (χ2v) is 16.3. The van der Waals surface area contributed by atoms with E-state index in [0.29, 0.717) is 37.4 Å². The van der Waals surface area contributed by atoms with Gasteiger partial charge in [0, 0.05) is 38.2 Å². The fourth-order valence-electron chi connectivity index (χ4n) is 7.67. The zero-order chi connectivity index (χ0) is 37.4. The van der Waals surface area contributed by atoms with E-state index in [4.69, 9.17) is 28.9 Å². The summed E-state index contributed by atoms with van der Waals surface area (Å²) in [6.45, 7) is 20.8. The summed E-state index contributed by atoms with van der Waals surface area (Å²) in [5, 5.41) is 24.4. The molecule has 51 heavy (non-hydrogen) atoms. The number of ether oxygens (including phenoxy) is 4. The fraction of sp³-hybridized carbons (Fsp3) is 0.659. The predicted molar refractivity (Wildman–Crippen MR) is 200 cm³/mol. The molecule has 1 amide bonds. The molecule has 10 nitrogen and oxygen atoms in total. The number of unbranched alkanes of at least 4 members (excludes halogenated alkanes) is 2. The molecular weight excluding hydrogens is 648 g/mol. The first-order valence-corrected chi connectivity index (χ1v) is 18.6. The number of carbonyl (C=O) groups excluding carboxylic acids is 1. The van der Waals surface area contributed by atoms with E-state index in [1.54, 1.807) is 24.1 Å². The minimum Gasteiger partial charge on any atom is -0.490 e. The average molecular weight is 711 g/mol. The molecule has 284 valence electrons. The SMILES string of the molecule is C=CCOc1ccc2c(c1)[C@H]1[C@H](CCCCO)[C@@H](CCCCO)C=C3C(=NOC(C)(C)C)C[C@H](N(C)C(=O)OCC(C)(C)C)[C@@](OCC=C)(O2)[C@H]31. The number of oxime groups is 1. The van der Waals surface area contributed by atoms with Gasteiger partial charge in [-0.15, -0.1) is 6.58 Å². The minimum atomic E-state index is -1.33. The number of benzene rings is 1. The topological polar surface area (TPSA) is 119 Å². The standard InChI is InChI=1S/C41H62N2O8/c1-10-22-47-29-18-19-34-32(25-29)36-30(17-13-15-21-45)28(16-12-14-20-44)24-31-33(42-51-40(6,7)8)26-35(41(50-34,37(31)36)49-23-11-2)43(9)38(46)48-27-39(3,4)5/h10-11,18-19,24-25,28,30,35-37,44-45H,1-2,12-17,20-23,26-27H2,3-9H3/t28-,30+,35-,36+,37+,41+/m0/s1. The molecule has 1 fully saturated rings. The Hall–Kier alpha value is -3.34. The largest absolute Gasteiger partial charge is 0.490 e. The van der Waals surface area contributed by atoms with Gasteiger partial charge >= 0.3 is 6.09 Å². The molecule has 0 bridgehead atoms. The molecular formula is C41H62N2O8. The van der Waals surface area contributed by atoms with Gasteiger partial charge in [-0.1, -0.05) is 63.6 Å². The van der Waals surface area contributed by atoms with Gasteiger partial charge in [-0.2, -0.15) is 0 Å². The van der Waals surface area contributed by atoms with Crippen LogP contribution in [0.5, 0.6) is 11.5 Å². The highest BCUT2D eigenvalue weighted by Crippen LogP contribution is 2.61. The lowest BCUT2D eigenvalue weighted by molar-refractivity contribution is -0.254. The Balaban J connectivity index is 2.01. The average Bonchev–Trinajstić information content (AvgIpc) is 3.08. The van der Waals surface area contributed by atoms with Gasteiger partial charge in [0.25, 0.3) is 0 Å². The molecule has 0 unspecified atom stereocenters. The van der Waals surface area contributed by atoms with E-state index >= 15 is 0 Å². The second kappa shape index (κ2) is 17.5. The van der Waals surface area contributed by atoms with Crippen molar-refractivity contribution in [2.24, 2.45) is 28.3 Å². The van der Waals surface area contributed by atoms with Crippen LogP contribution < -0.4 is 9.47 Å². The summed E-state index contributed by atoms with van der Waals surface area (Å²) >= 11 is 0. The smallest absolute Gasteiger partial charge is 0.410 e. The van der Waals surface area contributed by atoms with E-state index in [-0.39, 0.29) is 49.6 Å². The summed E-state index contributed by atoms with van der Waals surface area (Å²) in [6.07, 6.45) is 10.4. The number of allylic oxidation sites excluding steroid dienone is 1. The number of likely N-dealkylation sites (N-methyl/N-ethyl adjacent to an activating group) is 1. The Kier molecular flexibility index (Phi) is 13.8. The van der Waals surface area contributed by atoms with E-state index in [0.717, 1.165) is 42.5 Å². The molecule has 4 rings (SSSR count). The van der Waals surface area contributed by atoms with Gasteiger partial charge < -0.3 is 38.9 Å². The Labute approximate surface area is 305 Å². The van der Waals surface area contributed by atoms with Gasteiger partial charge in [0.05, 0.1) is 24.8 Å². The third-order valence-electron chi connectivity index (χ3n) is 9.83. The third-order valence-corrected chi connectivity index (χ3v) is 9.83. The maximum absolute atomic E-state index is 13.9. The molecule has 2 N–H and O–H groups in total. The van der Waals surface area contributed by atoms with E-state index < -0.39 is 29.4 Å². The number of hydrogen-bond donors (Lipinski definition) is 2. The van der Waals surface area contributed by atoms with Gasteiger partial charge in [0.2, 0.25) is 5.79 Å². The number of carbonyl (C=O) groups is 1. The van der Waals surface area contributed by atoms with Crippen LogP contribution in [0.4, 0.5) is 4.79 Å². The monoisotopic (exact) mass is 710 g/mol. The van der Waals surface area contributed by atoms with Crippen LogP contribution in [0.15, 0.2) is 60.3 Å². The quantitative estimate of drug-likeness (QED) is 0.0956. The van der Waals surface area contributed by atoms with Crippen LogP contribution in [0.1, 0.15) is 98.0 Å². The number of fused-ring (bicyclic) bond motifs is 2. The normalized spacial score (nSPS) is 26.3. The van der Waals surface area contributed by atoms with Crippen molar-refractivity contribution in [1.82, 2.24) is 4.90 Å². The molecule has 0 aromatic heterocycles. The number of aliphatic hydroxyl groups excluding tert-OH is 2. The van der Waals surface area contributed by atoms with E-state index in [2.05, 4.69) is 25.3 Å². The molecule has 0 radical (unpaired) electrons. The summed E-state index contributed by atoms with van der Waals surface area (Å²) in [6, 6.07) is 5.26. The highest BCUT2D eigenvalue weighted by atomic mass is 16.7. The van der Waals surface area contributed by atoms with Crippen molar-refractivity contribution in [2.45, 2.75) is 110 Å². The first kappa shape index (κ1) is 40.4. The molecule has 1 saturated carbocycles. The Morgan fingerprint density at radius 3 is 2.35 bits per heavy atom. The molecule has 0 saturated heterocycles. The van der Waals surface area contributed by atoms with Crippen LogP contribution in [0, 0.1) is 23.2 Å². The number of rotatable bonds is 17. The van der Waals surface area contributed by atoms with E-state index in [1.807, 2.05) is 53.7 Å². The van der Waals surface area contributed by atoms with E-state index in [9.17, 15) is 15.0 Å². The maximum Gasteiger partial charge on any atom is 0.410 e. The van der Waals surface area contributed by atoms with Crippen LogP contribution >= 0.6 is 0 Å². The molecule has 10 heteroatoms. The first-order chi connectivity index (χ1) is 24.2. The number of aliphatic hydroxyl groups is 2. The Morgan fingerprint density at radius 1 is 1.04 bits per heavy atom. The van der Waals surface area contributed by atoms with Crippen LogP contribution in [0.3, 0.4) is 0 Å². The second-order valence-electron chi connectivity index (χ2n) is 16.3. The van der Waals surface area contributed by atoms with Gasteiger partial charge in [-0.25, -0.2) is 4.79 Å². The predicted octanol–water partition coefficient (Wildman–Crippen LogP) is 7.80. The highest BCUT2D eigenvalue weighted by molar-refractivity contribution is 6.02. The maximum atomic E-state index is 13.9. The number of nitrogens with zero attached hydrogens (tertiary/aromatic N) is 2. The van der Waals surface area contributed by atoms with Crippen molar-refractivity contribution in [3.8, 4) is 11.5 Å². The molecule has 1 aliphatic heterocycles. The first-order valence-electron chi connectivity index (χ1n) is 18.6. The molecule has 2 aliphatic carbocycles. The highest BCUT2D eigenvalue weighted by Gasteiger charge is 2.65. The lowest BCUT2D eigenvalue weighted by Gasteiger charge is -2.59. The van der Waals surface area contributed by atoms with Gasteiger partial charge in [0.1, 0.15) is 29.7 Å². The van der Waals surface area contributed by atoms with Gasteiger partial charge in [0.15, 0.2) is 0 Å². The van der Waals surface area contributed by atoms with E-state index in [1.165, 1.54) is 0 Å². The summed E-state index contributed by atoms with van der Waals surface area (Å²) in [7, 11) is 1.74. The summed E-state index contributed by atoms with van der Waals surface area (Å²) in [5.41, 5.74) is 1.95. The van der Waals surface area contributed by atoms with Crippen LogP contribution in [0.2, 0.25) is 0 Å². The van der Waals surface area contributed by atoms with Crippen LogP contribution in [0.25, 0.3) is 0 Å². The molecule has 1 aromatic rings. The Morgan fingerprint density at radius 2 is 1.73 bits per heavy atom. The fourth-order valence-corrected chi connectivity index (χ4v) is 7.67. The third kappa shape index (κ3) is 9.76. The van der Waals surface area contributed by atoms with Crippen molar-refractivity contribution >= 4 is 11.8 Å². The van der Waals surface area contributed by atoms with Crippen molar-refractivity contribution in [1.29, 1.82) is 0 Å². The molecule has 0 spiro atoms.